The smallest absolute Gasteiger partial charge is 0.231 e. The third kappa shape index (κ3) is 2.47. The lowest BCUT2D eigenvalue weighted by atomic mass is 10.0. The number of hydrogen-bond donors (Lipinski definition) is 0. The van der Waals surface area contributed by atoms with Crippen LogP contribution in [0.25, 0.3) is 11.6 Å². The molecule has 2 aromatic carbocycles. The van der Waals surface area contributed by atoms with Crippen molar-refractivity contribution in [3.8, 4) is 23.3 Å². The number of methoxy groups -OCH3 is 1. The number of nitriles is 1. The molecule has 0 N–H and O–H groups in total. The minimum atomic E-state index is -0.449. The molecule has 0 saturated heterocycles. The molecule has 1 aliphatic rings. The van der Waals surface area contributed by atoms with E-state index >= 15 is 0 Å². The second-order valence-electron chi connectivity index (χ2n) is 4.60. The van der Waals surface area contributed by atoms with Gasteiger partial charge in [0.25, 0.3) is 0 Å². The minimum Gasteiger partial charge on any atom is -0.496 e. The normalized spacial score (nSPS) is 12.9. The van der Waals surface area contributed by atoms with Gasteiger partial charge in [0.2, 0.25) is 6.79 Å². The molecule has 2 aromatic rings. The fourth-order valence-corrected chi connectivity index (χ4v) is 2.23. The van der Waals surface area contributed by atoms with Crippen LogP contribution in [0, 0.1) is 17.1 Å². The van der Waals surface area contributed by atoms with E-state index in [0.717, 1.165) is 0 Å². The second kappa shape index (κ2) is 5.78. The molecule has 0 aliphatic carbocycles. The van der Waals surface area contributed by atoms with Crippen molar-refractivity contribution in [2.45, 2.75) is 0 Å². The van der Waals surface area contributed by atoms with Crippen LogP contribution in [0.3, 0.4) is 0 Å². The molecule has 0 atom stereocenters. The van der Waals surface area contributed by atoms with Crippen molar-refractivity contribution in [2.75, 3.05) is 13.9 Å². The number of nitrogens with zero attached hydrogens (tertiary/aromatic N) is 1. The first-order valence-electron chi connectivity index (χ1n) is 6.57. The maximum absolute atomic E-state index is 13.9. The van der Waals surface area contributed by atoms with Gasteiger partial charge in [-0.05, 0) is 18.2 Å². The van der Waals surface area contributed by atoms with Crippen LogP contribution in [0.1, 0.15) is 11.1 Å². The molecule has 1 heterocycles. The van der Waals surface area contributed by atoms with Gasteiger partial charge >= 0.3 is 0 Å². The molecule has 1 aliphatic heterocycles. The number of hydrogen-bond acceptors (Lipinski definition) is 4. The first kappa shape index (κ1) is 14.0. The van der Waals surface area contributed by atoms with Crippen LogP contribution in [-0.4, -0.2) is 13.9 Å². The zero-order chi connectivity index (χ0) is 15.5. The number of ether oxygens (including phenoxy) is 3. The Bertz CT molecular complexity index is 793. The SMILES string of the molecule is COc1cc2c(cc1/C=C(/C#N)c1ccccc1F)OCO2. The average Bonchev–Trinajstić information content (AvgIpc) is 2.99. The summed E-state index contributed by atoms with van der Waals surface area (Å²) in [5.74, 6) is 1.22. The molecule has 4 nitrogen and oxygen atoms in total. The lowest BCUT2D eigenvalue weighted by Gasteiger charge is -2.08. The first-order chi connectivity index (χ1) is 10.7. The number of fused-ring (bicyclic) bond motifs is 1. The standard InChI is InChI=1S/C17H12FNO3/c1-20-15-8-17-16(21-10-22-17)7-11(15)6-12(9-19)13-4-2-3-5-14(13)18/h2-8H,10H2,1H3/b12-6-. The van der Waals surface area contributed by atoms with Gasteiger partial charge in [-0.15, -0.1) is 0 Å². The van der Waals surface area contributed by atoms with Crippen LogP contribution in [0.15, 0.2) is 36.4 Å². The van der Waals surface area contributed by atoms with E-state index in [1.54, 1.807) is 36.4 Å². The highest BCUT2D eigenvalue weighted by atomic mass is 19.1. The molecule has 0 radical (unpaired) electrons. The van der Waals surface area contributed by atoms with Crippen LogP contribution in [0.2, 0.25) is 0 Å². The molecule has 0 fully saturated rings. The van der Waals surface area contributed by atoms with Gasteiger partial charge in [-0.1, -0.05) is 18.2 Å². The summed E-state index contributed by atoms with van der Waals surface area (Å²) in [5, 5.41) is 9.34. The molecule has 3 rings (SSSR count). The van der Waals surface area contributed by atoms with Crippen LogP contribution in [-0.2, 0) is 0 Å². The maximum atomic E-state index is 13.9. The number of halogens is 1. The fourth-order valence-electron chi connectivity index (χ4n) is 2.23. The van der Waals surface area contributed by atoms with Crippen molar-refractivity contribution in [2.24, 2.45) is 0 Å². The van der Waals surface area contributed by atoms with E-state index in [1.165, 1.54) is 13.2 Å². The largest absolute Gasteiger partial charge is 0.496 e. The van der Waals surface area contributed by atoms with E-state index in [0.29, 0.717) is 22.8 Å². The highest BCUT2D eigenvalue weighted by Gasteiger charge is 2.18. The molecular formula is C17H12FNO3. The minimum absolute atomic E-state index is 0.143. The van der Waals surface area contributed by atoms with Crippen molar-refractivity contribution in [3.05, 3.63) is 53.3 Å². The van der Waals surface area contributed by atoms with Gasteiger partial charge in [-0.3, -0.25) is 0 Å². The summed E-state index contributed by atoms with van der Waals surface area (Å²) in [6.45, 7) is 0.143. The molecular weight excluding hydrogens is 285 g/mol. The lowest BCUT2D eigenvalue weighted by Crippen LogP contribution is -1.92. The molecule has 0 amide bonds. The van der Waals surface area contributed by atoms with Crippen molar-refractivity contribution >= 4 is 11.6 Å². The lowest BCUT2D eigenvalue weighted by molar-refractivity contribution is 0.174. The Labute approximate surface area is 127 Å². The highest BCUT2D eigenvalue weighted by molar-refractivity contribution is 5.91. The second-order valence-corrected chi connectivity index (χ2v) is 4.60. The highest BCUT2D eigenvalue weighted by Crippen LogP contribution is 2.39. The summed E-state index contributed by atoms with van der Waals surface area (Å²) in [6, 6.07) is 11.5. The topological polar surface area (TPSA) is 51.5 Å². The van der Waals surface area contributed by atoms with Gasteiger partial charge in [0.05, 0.1) is 18.8 Å². The molecule has 0 bridgehead atoms. The maximum Gasteiger partial charge on any atom is 0.231 e. The van der Waals surface area contributed by atoms with Gasteiger partial charge in [0, 0.05) is 17.2 Å². The van der Waals surface area contributed by atoms with E-state index < -0.39 is 5.82 Å². The Balaban J connectivity index is 2.11. The quantitative estimate of drug-likeness (QED) is 0.641. The molecule has 0 unspecified atom stereocenters. The number of rotatable bonds is 3. The molecule has 22 heavy (non-hydrogen) atoms. The van der Waals surface area contributed by atoms with Crippen molar-refractivity contribution < 1.29 is 18.6 Å². The summed E-state index contributed by atoms with van der Waals surface area (Å²) < 4.78 is 29.8. The van der Waals surface area contributed by atoms with E-state index in [-0.39, 0.29) is 17.9 Å². The van der Waals surface area contributed by atoms with Gasteiger partial charge in [-0.25, -0.2) is 4.39 Å². The Morgan fingerprint density at radius 3 is 2.68 bits per heavy atom. The molecule has 0 spiro atoms. The van der Waals surface area contributed by atoms with Crippen molar-refractivity contribution in [1.82, 2.24) is 0 Å². The van der Waals surface area contributed by atoms with E-state index in [9.17, 15) is 9.65 Å². The zero-order valence-electron chi connectivity index (χ0n) is 11.8. The van der Waals surface area contributed by atoms with Crippen LogP contribution >= 0.6 is 0 Å². The van der Waals surface area contributed by atoms with Gasteiger partial charge in [0.15, 0.2) is 11.5 Å². The summed E-state index contributed by atoms with van der Waals surface area (Å²) in [5.41, 5.74) is 1.06. The summed E-state index contributed by atoms with van der Waals surface area (Å²) in [6.07, 6.45) is 1.57. The molecule has 110 valence electrons. The first-order valence-corrected chi connectivity index (χ1v) is 6.57. The predicted octanol–water partition coefficient (Wildman–Crippen LogP) is 3.63. The molecule has 5 heteroatoms. The predicted molar refractivity (Wildman–Crippen MR) is 79.0 cm³/mol. The average molecular weight is 297 g/mol. The zero-order valence-corrected chi connectivity index (χ0v) is 11.8. The van der Waals surface area contributed by atoms with Crippen molar-refractivity contribution in [3.63, 3.8) is 0 Å². The summed E-state index contributed by atoms with van der Waals surface area (Å²) >= 11 is 0. The number of benzene rings is 2. The summed E-state index contributed by atoms with van der Waals surface area (Å²) in [7, 11) is 1.52. The van der Waals surface area contributed by atoms with Gasteiger partial charge < -0.3 is 14.2 Å². The van der Waals surface area contributed by atoms with Gasteiger partial charge in [-0.2, -0.15) is 5.26 Å². The molecule has 0 saturated carbocycles. The Morgan fingerprint density at radius 2 is 2.00 bits per heavy atom. The van der Waals surface area contributed by atoms with E-state index in [1.807, 2.05) is 6.07 Å². The van der Waals surface area contributed by atoms with Gasteiger partial charge in [0.1, 0.15) is 11.6 Å². The number of allylic oxidation sites excluding steroid dienone is 1. The van der Waals surface area contributed by atoms with Crippen molar-refractivity contribution in [1.29, 1.82) is 5.26 Å². The van der Waals surface area contributed by atoms with E-state index in [2.05, 4.69) is 0 Å². The van der Waals surface area contributed by atoms with Crippen LogP contribution in [0.5, 0.6) is 17.2 Å². The third-order valence-corrected chi connectivity index (χ3v) is 3.31. The fraction of sp³-hybridized carbons (Fsp3) is 0.118. The Kier molecular flexibility index (Phi) is 3.67. The van der Waals surface area contributed by atoms with Crippen LogP contribution < -0.4 is 14.2 Å². The van der Waals surface area contributed by atoms with E-state index in [4.69, 9.17) is 14.2 Å². The summed E-state index contributed by atoms with van der Waals surface area (Å²) in [4.78, 5) is 0. The third-order valence-electron chi connectivity index (χ3n) is 3.31. The Morgan fingerprint density at radius 1 is 1.27 bits per heavy atom. The monoisotopic (exact) mass is 297 g/mol. The Hall–Kier alpha value is -3.00. The molecule has 0 aromatic heterocycles. The van der Waals surface area contributed by atoms with Crippen LogP contribution in [0.4, 0.5) is 4.39 Å².